The zero-order chi connectivity index (χ0) is 38.3. The maximum absolute atomic E-state index is 13.0. The molecular formula is C41H77N3O8. The standard InChI is InChI=1S/C41H77N3O8/c1-6-8-10-12-14-19-25-34-49-40(46)51-36-27-21-16-17-23-29-44(39(45)48-38-33-43(5)32-31-42(3)4)30-24-18-22-28-37-52-41(47)50-35-26-20-15-13-11-9-7-2/h19-20,25-26H,6-18,21-24,27-38H2,1-5H3/b25-19-,26-20-. The molecule has 0 aliphatic heterocycles. The largest absolute Gasteiger partial charge is 0.508 e. The predicted molar refractivity (Wildman–Crippen MR) is 211 cm³/mol. The van der Waals surface area contributed by atoms with Crippen LogP contribution in [0.3, 0.4) is 0 Å². The molecule has 0 aromatic carbocycles. The molecule has 0 saturated heterocycles. The predicted octanol–water partition coefficient (Wildman–Crippen LogP) is 9.79. The Hall–Kier alpha value is -2.79. The summed E-state index contributed by atoms with van der Waals surface area (Å²) in [5, 5.41) is 0. The number of likely N-dealkylation sites (N-methyl/N-ethyl adjacent to an activating group) is 2. The number of hydrogen-bond acceptors (Lipinski definition) is 10. The maximum Gasteiger partial charge on any atom is 0.508 e. The zero-order valence-electron chi connectivity index (χ0n) is 33.9. The summed E-state index contributed by atoms with van der Waals surface area (Å²) >= 11 is 0. The maximum atomic E-state index is 13.0. The monoisotopic (exact) mass is 740 g/mol. The Morgan fingerprint density at radius 3 is 1.38 bits per heavy atom. The summed E-state index contributed by atoms with van der Waals surface area (Å²) < 4.78 is 26.2. The molecular weight excluding hydrogens is 662 g/mol. The van der Waals surface area contributed by atoms with Gasteiger partial charge < -0.3 is 38.4 Å². The van der Waals surface area contributed by atoms with Gasteiger partial charge in [-0.15, -0.1) is 0 Å². The van der Waals surface area contributed by atoms with E-state index in [-0.39, 0.29) is 19.3 Å². The Morgan fingerprint density at radius 1 is 0.442 bits per heavy atom. The van der Waals surface area contributed by atoms with Crippen molar-refractivity contribution < 1.29 is 38.1 Å². The average Bonchev–Trinajstić information content (AvgIpc) is 3.12. The molecule has 0 aliphatic rings. The van der Waals surface area contributed by atoms with Gasteiger partial charge in [-0.05, 0) is 78.9 Å². The SMILES string of the molecule is CCCCCC/C=C\COC(=O)OCCCCCCCN(CCCCCCOC(=O)OC/C=C\CCCCCC)C(=O)OCCN(C)CCN(C)C. The number of rotatable bonds is 35. The topological polar surface area (TPSA) is 107 Å². The van der Waals surface area contributed by atoms with Crippen LogP contribution in [0.25, 0.3) is 0 Å². The minimum absolute atomic E-state index is 0.243. The highest BCUT2D eigenvalue weighted by molar-refractivity contribution is 5.67. The Labute approximate surface area is 317 Å². The van der Waals surface area contributed by atoms with E-state index in [1.807, 2.05) is 38.2 Å². The lowest BCUT2D eigenvalue weighted by Gasteiger charge is -2.24. The lowest BCUT2D eigenvalue weighted by atomic mass is 10.1. The van der Waals surface area contributed by atoms with E-state index in [0.717, 1.165) is 83.7 Å². The third-order valence-corrected chi connectivity index (χ3v) is 8.60. The van der Waals surface area contributed by atoms with Crippen LogP contribution in [0, 0.1) is 0 Å². The quantitative estimate of drug-likeness (QED) is 0.0270. The highest BCUT2D eigenvalue weighted by Crippen LogP contribution is 2.10. The molecule has 0 aromatic rings. The van der Waals surface area contributed by atoms with E-state index in [1.54, 1.807) is 0 Å². The van der Waals surface area contributed by atoms with Crippen molar-refractivity contribution in [3.8, 4) is 0 Å². The van der Waals surface area contributed by atoms with Crippen molar-refractivity contribution >= 4 is 18.4 Å². The summed E-state index contributed by atoms with van der Waals surface area (Å²) in [6.07, 6.45) is 26.2. The Bertz CT molecular complexity index is 899. The summed E-state index contributed by atoms with van der Waals surface area (Å²) in [5.74, 6) is 0. The van der Waals surface area contributed by atoms with E-state index in [9.17, 15) is 14.4 Å². The van der Waals surface area contributed by atoms with Crippen molar-refractivity contribution in [1.82, 2.24) is 14.7 Å². The van der Waals surface area contributed by atoms with Crippen molar-refractivity contribution in [2.45, 2.75) is 136 Å². The van der Waals surface area contributed by atoms with Crippen LogP contribution in [0.2, 0.25) is 0 Å². The molecule has 0 aliphatic carbocycles. The van der Waals surface area contributed by atoms with Crippen LogP contribution in [0.1, 0.15) is 136 Å². The lowest BCUT2D eigenvalue weighted by molar-refractivity contribution is 0.0608. The molecule has 0 saturated carbocycles. The van der Waals surface area contributed by atoms with Gasteiger partial charge >= 0.3 is 18.4 Å². The van der Waals surface area contributed by atoms with Crippen molar-refractivity contribution in [1.29, 1.82) is 0 Å². The molecule has 304 valence electrons. The second-order valence-electron chi connectivity index (χ2n) is 13.9. The smallest absolute Gasteiger partial charge is 0.448 e. The Kier molecular flexibility index (Phi) is 35.9. The van der Waals surface area contributed by atoms with E-state index in [2.05, 4.69) is 35.8 Å². The summed E-state index contributed by atoms with van der Waals surface area (Å²) in [4.78, 5) is 42.7. The highest BCUT2D eigenvalue weighted by Gasteiger charge is 2.15. The number of nitrogens with zero attached hydrogens (tertiary/aromatic N) is 3. The Morgan fingerprint density at radius 2 is 0.904 bits per heavy atom. The number of amides is 1. The van der Waals surface area contributed by atoms with Crippen LogP contribution in [-0.2, 0) is 23.7 Å². The van der Waals surface area contributed by atoms with Crippen LogP contribution < -0.4 is 0 Å². The van der Waals surface area contributed by atoms with E-state index < -0.39 is 12.3 Å². The van der Waals surface area contributed by atoms with Crippen LogP contribution in [-0.4, -0.2) is 120 Å². The molecule has 0 N–H and O–H groups in total. The van der Waals surface area contributed by atoms with E-state index in [1.165, 1.54) is 51.4 Å². The van der Waals surface area contributed by atoms with Gasteiger partial charge in [-0.25, -0.2) is 14.4 Å². The molecule has 0 rings (SSSR count). The molecule has 0 atom stereocenters. The number of allylic oxidation sites excluding steroid dienone is 2. The highest BCUT2D eigenvalue weighted by atomic mass is 16.7. The van der Waals surface area contributed by atoms with Crippen LogP contribution in [0.5, 0.6) is 0 Å². The summed E-state index contributed by atoms with van der Waals surface area (Å²) in [7, 11) is 6.13. The molecule has 0 bridgehead atoms. The number of ether oxygens (including phenoxy) is 5. The third kappa shape index (κ3) is 35.6. The first-order valence-corrected chi connectivity index (χ1v) is 20.4. The summed E-state index contributed by atoms with van der Waals surface area (Å²) in [5.41, 5.74) is 0. The van der Waals surface area contributed by atoms with Gasteiger partial charge in [0, 0.05) is 32.7 Å². The van der Waals surface area contributed by atoms with Gasteiger partial charge in [-0.2, -0.15) is 0 Å². The molecule has 0 spiro atoms. The van der Waals surface area contributed by atoms with Gasteiger partial charge in [0.25, 0.3) is 0 Å². The molecule has 0 radical (unpaired) electrons. The van der Waals surface area contributed by atoms with Crippen LogP contribution in [0.4, 0.5) is 14.4 Å². The minimum atomic E-state index is -0.626. The van der Waals surface area contributed by atoms with Gasteiger partial charge in [0.05, 0.1) is 13.2 Å². The average molecular weight is 740 g/mol. The fraction of sp³-hybridized carbons (Fsp3) is 0.829. The fourth-order valence-corrected chi connectivity index (χ4v) is 5.23. The molecule has 0 fully saturated rings. The van der Waals surface area contributed by atoms with Crippen molar-refractivity contribution in [3.63, 3.8) is 0 Å². The molecule has 11 nitrogen and oxygen atoms in total. The van der Waals surface area contributed by atoms with E-state index in [4.69, 9.17) is 23.7 Å². The Balaban J connectivity index is 4.27. The van der Waals surface area contributed by atoms with Gasteiger partial charge in [-0.3, -0.25) is 0 Å². The first-order chi connectivity index (χ1) is 25.3. The van der Waals surface area contributed by atoms with Gasteiger partial charge in [0.1, 0.15) is 19.8 Å². The van der Waals surface area contributed by atoms with Crippen molar-refractivity contribution in [2.75, 3.05) is 86.9 Å². The minimum Gasteiger partial charge on any atom is -0.448 e. The van der Waals surface area contributed by atoms with Gasteiger partial charge in [0.2, 0.25) is 0 Å². The van der Waals surface area contributed by atoms with Crippen molar-refractivity contribution in [3.05, 3.63) is 24.3 Å². The fourth-order valence-electron chi connectivity index (χ4n) is 5.23. The number of carbonyl (C=O) groups excluding carboxylic acids is 3. The van der Waals surface area contributed by atoms with Gasteiger partial charge in [0.15, 0.2) is 0 Å². The van der Waals surface area contributed by atoms with Gasteiger partial charge in [-0.1, -0.05) is 102 Å². The number of hydrogen-bond donors (Lipinski definition) is 0. The molecule has 52 heavy (non-hydrogen) atoms. The molecule has 1 amide bonds. The third-order valence-electron chi connectivity index (χ3n) is 8.60. The first kappa shape index (κ1) is 49.2. The molecule has 0 aromatic heterocycles. The summed E-state index contributed by atoms with van der Waals surface area (Å²) in [6, 6.07) is 0. The van der Waals surface area contributed by atoms with Crippen molar-refractivity contribution in [2.24, 2.45) is 0 Å². The number of carbonyl (C=O) groups is 3. The first-order valence-electron chi connectivity index (χ1n) is 20.4. The summed E-state index contributed by atoms with van der Waals surface area (Å²) in [6.45, 7) is 9.76. The van der Waals surface area contributed by atoms with Crippen LogP contribution in [0.15, 0.2) is 24.3 Å². The zero-order valence-corrected chi connectivity index (χ0v) is 33.9. The van der Waals surface area contributed by atoms with E-state index in [0.29, 0.717) is 39.5 Å². The van der Waals surface area contributed by atoms with Crippen LogP contribution >= 0.6 is 0 Å². The second kappa shape index (κ2) is 38.0. The van der Waals surface area contributed by atoms with E-state index >= 15 is 0 Å². The normalized spacial score (nSPS) is 11.5. The molecule has 0 unspecified atom stereocenters. The molecule has 11 heteroatoms. The lowest BCUT2D eigenvalue weighted by Crippen LogP contribution is -2.36. The second-order valence-corrected chi connectivity index (χ2v) is 13.9. The molecule has 0 heterocycles. The number of unbranched alkanes of at least 4 members (excludes halogenated alkanes) is 15.